The first-order valence-electron chi connectivity index (χ1n) is 9.62. The Kier molecular flexibility index (Phi) is 6.96. The maximum Gasteiger partial charge on any atom is 0.253 e. The van der Waals surface area contributed by atoms with Crippen LogP contribution >= 0.6 is 11.6 Å². The van der Waals surface area contributed by atoms with Gasteiger partial charge >= 0.3 is 0 Å². The van der Waals surface area contributed by atoms with Crippen molar-refractivity contribution >= 4 is 33.2 Å². The molecule has 1 aliphatic rings. The highest BCUT2D eigenvalue weighted by Gasteiger charge is 2.31. The topological polar surface area (TPSA) is 79.4 Å². The standard InChI is InChI=1S/C21H22ClF2N3O3S/c1-13(8-10-31(2,29)30)26-21(28)14-11-17(24)20(25-12-14)27-9-4-7-18(27)15-5-3-6-16(23)19(15)22/h3,5-6,8,10-13,18H,4,7,9H2,1-2H3,(H,26,28)/b10-8+/t13-,18+/m1/s1. The lowest BCUT2D eigenvalue weighted by Crippen LogP contribution is -2.31. The Morgan fingerprint density at radius 3 is 2.77 bits per heavy atom. The van der Waals surface area contributed by atoms with Crippen LogP contribution in [0.4, 0.5) is 14.6 Å². The highest BCUT2D eigenvalue weighted by atomic mass is 35.5. The average molecular weight is 470 g/mol. The number of hydrogen-bond donors (Lipinski definition) is 1. The summed E-state index contributed by atoms with van der Waals surface area (Å²) in [6.45, 7) is 2.11. The number of amides is 1. The fourth-order valence-electron chi connectivity index (χ4n) is 3.49. The van der Waals surface area contributed by atoms with Crippen molar-refractivity contribution in [3.8, 4) is 0 Å². The van der Waals surface area contributed by atoms with Crippen LogP contribution in [0, 0.1) is 11.6 Å². The Bertz CT molecular complexity index is 1120. The largest absolute Gasteiger partial charge is 0.347 e. The predicted octanol–water partition coefficient (Wildman–Crippen LogP) is 4.03. The minimum Gasteiger partial charge on any atom is -0.347 e. The molecule has 2 aromatic rings. The summed E-state index contributed by atoms with van der Waals surface area (Å²) in [6.07, 6.45) is 5.03. The van der Waals surface area contributed by atoms with E-state index >= 15 is 0 Å². The maximum atomic E-state index is 14.9. The van der Waals surface area contributed by atoms with Crippen molar-refractivity contribution in [3.05, 3.63) is 69.7 Å². The fourth-order valence-corrected chi connectivity index (χ4v) is 4.26. The summed E-state index contributed by atoms with van der Waals surface area (Å²) in [4.78, 5) is 18.2. The number of carbonyl (C=O) groups is 1. The second-order valence-electron chi connectivity index (χ2n) is 7.44. The molecule has 3 rings (SSSR count). The first-order valence-corrected chi connectivity index (χ1v) is 12.0. The summed E-state index contributed by atoms with van der Waals surface area (Å²) in [5.74, 6) is -1.75. The van der Waals surface area contributed by atoms with Crippen molar-refractivity contribution in [1.29, 1.82) is 0 Å². The van der Waals surface area contributed by atoms with Gasteiger partial charge in [0.15, 0.2) is 21.5 Å². The molecule has 1 N–H and O–H groups in total. The number of anilines is 1. The molecular weight excluding hydrogens is 448 g/mol. The molecule has 1 aromatic carbocycles. The zero-order chi connectivity index (χ0) is 22.8. The quantitative estimate of drug-likeness (QED) is 0.691. The van der Waals surface area contributed by atoms with Crippen LogP contribution in [0.3, 0.4) is 0 Å². The van der Waals surface area contributed by atoms with Crippen molar-refractivity contribution < 1.29 is 22.0 Å². The summed E-state index contributed by atoms with van der Waals surface area (Å²) < 4.78 is 51.1. The van der Waals surface area contributed by atoms with Gasteiger partial charge in [0, 0.05) is 30.4 Å². The van der Waals surface area contributed by atoms with Crippen LogP contribution in [-0.4, -0.2) is 38.2 Å². The molecule has 0 saturated carbocycles. The van der Waals surface area contributed by atoms with Crippen LogP contribution in [0.2, 0.25) is 5.02 Å². The Labute approximate surface area is 184 Å². The van der Waals surface area contributed by atoms with Gasteiger partial charge in [-0.3, -0.25) is 4.79 Å². The van der Waals surface area contributed by atoms with Crippen LogP contribution < -0.4 is 10.2 Å². The highest BCUT2D eigenvalue weighted by molar-refractivity contribution is 7.93. The van der Waals surface area contributed by atoms with Crippen LogP contribution in [0.5, 0.6) is 0 Å². The number of halogens is 3. The van der Waals surface area contributed by atoms with E-state index in [1.165, 1.54) is 18.3 Å². The number of hydrogen-bond acceptors (Lipinski definition) is 5. The van der Waals surface area contributed by atoms with Gasteiger partial charge in [0.25, 0.3) is 5.91 Å². The maximum absolute atomic E-state index is 14.9. The van der Waals surface area contributed by atoms with E-state index in [4.69, 9.17) is 11.6 Å². The number of rotatable bonds is 6. The minimum atomic E-state index is -3.32. The van der Waals surface area contributed by atoms with Crippen LogP contribution in [0.15, 0.2) is 41.9 Å². The molecule has 1 saturated heterocycles. The van der Waals surface area contributed by atoms with Crippen LogP contribution in [-0.2, 0) is 9.84 Å². The lowest BCUT2D eigenvalue weighted by atomic mass is 10.0. The number of benzene rings is 1. The van der Waals surface area contributed by atoms with Gasteiger partial charge in [-0.25, -0.2) is 22.2 Å². The van der Waals surface area contributed by atoms with Crippen molar-refractivity contribution in [2.45, 2.75) is 31.8 Å². The summed E-state index contributed by atoms with van der Waals surface area (Å²) in [5.41, 5.74) is 0.564. The molecule has 2 atom stereocenters. The number of nitrogens with one attached hydrogen (secondary N) is 1. The first-order chi connectivity index (χ1) is 14.6. The second-order valence-corrected chi connectivity index (χ2v) is 9.75. The summed E-state index contributed by atoms with van der Waals surface area (Å²) in [7, 11) is -3.32. The molecule has 10 heteroatoms. The fraction of sp³-hybridized carbons (Fsp3) is 0.333. The van der Waals surface area contributed by atoms with E-state index in [2.05, 4.69) is 10.3 Å². The van der Waals surface area contributed by atoms with Gasteiger partial charge in [0.05, 0.1) is 16.6 Å². The third kappa shape index (κ3) is 5.59. The number of pyridine rings is 1. The van der Waals surface area contributed by atoms with Gasteiger partial charge in [0.2, 0.25) is 0 Å². The van der Waals surface area contributed by atoms with E-state index in [1.807, 2.05) is 0 Å². The Morgan fingerprint density at radius 1 is 1.35 bits per heavy atom. The third-order valence-corrected chi connectivity index (χ3v) is 5.97. The van der Waals surface area contributed by atoms with Crippen LogP contribution in [0.25, 0.3) is 0 Å². The second kappa shape index (κ2) is 9.32. The molecule has 2 heterocycles. The molecule has 0 unspecified atom stereocenters. The zero-order valence-corrected chi connectivity index (χ0v) is 18.6. The number of sulfone groups is 1. The van der Waals surface area contributed by atoms with Crippen LogP contribution in [0.1, 0.15) is 41.7 Å². The third-order valence-electron chi connectivity index (χ3n) is 4.92. The van der Waals surface area contributed by atoms with Gasteiger partial charge in [-0.05, 0) is 37.5 Å². The Balaban J connectivity index is 1.79. The van der Waals surface area contributed by atoms with Gasteiger partial charge in [-0.1, -0.05) is 29.8 Å². The average Bonchev–Trinajstić information content (AvgIpc) is 3.17. The van der Waals surface area contributed by atoms with E-state index in [0.717, 1.165) is 24.2 Å². The van der Waals surface area contributed by atoms with Gasteiger partial charge in [-0.2, -0.15) is 0 Å². The minimum absolute atomic E-state index is 0.000362. The number of carbonyl (C=O) groups excluding carboxylic acids is 1. The molecule has 0 bridgehead atoms. The normalized spacial score (nSPS) is 17.8. The predicted molar refractivity (Wildman–Crippen MR) is 116 cm³/mol. The molecule has 0 spiro atoms. The van der Waals surface area contributed by atoms with E-state index in [1.54, 1.807) is 24.0 Å². The zero-order valence-electron chi connectivity index (χ0n) is 17.0. The lowest BCUT2D eigenvalue weighted by Gasteiger charge is -2.27. The molecule has 1 amide bonds. The van der Waals surface area contributed by atoms with Gasteiger partial charge < -0.3 is 10.2 Å². The molecule has 31 heavy (non-hydrogen) atoms. The monoisotopic (exact) mass is 469 g/mol. The molecule has 1 aromatic heterocycles. The smallest absolute Gasteiger partial charge is 0.253 e. The van der Waals surface area contributed by atoms with Crippen molar-refractivity contribution in [2.75, 3.05) is 17.7 Å². The van der Waals surface area contributed by atoms with E-state index in [0.29, 0.717) is 18.5 Å². The van der Waals surface area contributed by atoms with Gasteiger partial charge in [0.1, 0.15) is 5.82 Å². The first kappa shape index (κ1) is 23.1. The number of nitrogens with zero attached hydrogens (tertiary/aromatic N) is 2. The SMILES string of the molecule is C[C@H](/C=C/S(C)(=O)=O)NC(=O)c1cnc(N2CCC[C@H]2c2cccc(F)c2Cl)c(F)c1. The van der Waals surface area contributed by atoms with Crippen molar-refractivity contribution in [3.63, 3.8) is 0 Å². The molecule has 0 aliphatic carbocycles. The van der Waals surface area contributed by atoms with Crippen molar-refractivity contribution in [1.82, 2.24) is 10.3 Å². The summed E-state index contributed by atoms with van der Waals surface area (Å²) in [5, 5.41) is 3.56. The van der Waals surface area contributed by atoms with E-state index in [9.17, 15) is 22.0 Å². The molecule has 166 valence electrons. The molecule has 6 nitrogen and oxygen atoms in total. The van der Waals surface area contributed by atoms with Crippen molar-refractivity contribution in [2.24, 2.45) is 0 Å². The number of aromatic nitrogens is 1. The highest BCUT2D eigenvalue weighted by Crippen LogP contribution is 2.39. The Morgan fingerprint density at radius 2 is 2.10 bits per heavy atom. The molecule has 1 fully saturated rings. The van der Waals surface area contributed by atoms with E-state index in [-0.39, 0.29) is 22.4 Å². The summed E-state index contributed by atoms with van der Waals surface area (Å²) >= 11 is 6.12. The lowest BCUT2D eigenvalue weighted by molar-refractivity contribution is 0.0946. The molecule has 1 aliphatic heterocycles. The molecular formula is C21H22ClF2N3O3S. The van der Waals surface area contributed by atoms with Gasteiger partial charge in [-0.15, -0.1) is 0 Å². The molecule has 0 radical (unpaired) electrons. The van der Waals surface area contributed by atoms with E-state index < -0.39 is 33.4 Å². The summed E-state index contributed by atoms with van der Waals surface area (Å²) in [6, 6.07) is 4.70. The Hall–Kier alpha value is -2.52.